The van der Waals surface area contributed by atoms with Crippen molar-refractivity contribution in [2.45, 2.75) is 19.6 Å². The zero-order valence-electron chi connectivity index (χ0n) is 8.06. The van der Waals surface area contributed by atoms with Crippen molar-refractivity contribution in [2.75, 3.05) is 0 Å². The molecule has 0 fully saturated rings. The van der Waals surface area contributed by atoms with Gasteiger partial charge in [-0.25, -0.2) is 4.98 Å². The molecule has 0 saturated carbocycles. The lowest BCUT2D eigenvalue weighted by molar-refractivity contribution is 1.26. The van der Waals surface area contributed by atoms with Crippen LogP contribution >= 0.6 is 15.9 Å². The van der Waals surface area contributed by atoms with E-state index in [0.29, 0.717) is 0 Å². The Balaban J connectivity index is 2.85. The molecular formula is C10H12BrNSi. The van der Waals surface area contributed by atoms with Crippen LogP contribution in [0.3, 0.4) is 0 Å². The smallest absolute Gasteiger partial charge is 0.129 e. The minimum absolute atomic E-state index is 0.853. The third-order valence-electron chi connectivity index (χ3n) is 1.31. The van der Waals surface area contributed by atoms with Gasteiger partial charge in [0.1, 0.15) is 12.7 Å². The van der Waals surface area contributed by atoms with Crippen molar-refractivity contribution in [1.29, 1.82) is 0 Å². The summed E-state index contributed by atoms with van der Waals surface area (Å²) in [5.41, 5.74) is 4.28. The number of hydrogen-bond donors (Lipinski definition) is 0. The lowest BCUT2D eigenvalue weighted by Gasteiger charge is -2.02. The van der Waals surface area contributed by atoms with Gasteiger partial charge in [-0.15, -0.1) is 5.54 Å². The molecule has 0 aliphatic heterocycles. The molecule has 0 atom stereocenters. The van der Waals surface area contributed by atoms with E-state index in [0.717, 1.165) is 10.2 Å². The number of hydrogen-bond acceptors (Lipinski definition) is 1. The standard InChI is InChI=1S/C10H12BrNSi/c1-13(2,3)7-6-9-4-5-10(11)12-8-9/h4-5,8H,1-3H3. The quantitative estimate of drug-likeness (QED) is 0.394. The van der Waals surface area contributed by atoms with Crippen LogP contribution in [0.25, 0.3) is 0 Å². The summed E-state index contributed by atoms with van der Waals surface area (Å²) >= 11 is 3.29. The third-order valence-corrected chi connectivity index (χ3v) is 2.65. The molecule has 1 rings (SSSR count). The van der Waals surface area contributed by atoms with Gasteiger partial charge in [0.25, 0.3) is 0 Å². The molecule has 13 heavy (non-hydrogen) atoms. The Labute approximate surface area is 88.7 Å². The monoisotopic (exact) mass is 253 g/mol. The van der Waals surface area contributed by atoms with Crippen LogP contribution in [0.4, 0.5) is 0 Å². The fourth-order valence-electron chi connectivity index (χ4n) is 0.709. The van der Waals surface area contributed by atoms with E-state index in [1.165, 1.54) is 0 Å². The van der Waals surface area contributed by atoms with Gasteiger partial charge in [0, 0.05) is 11.8 Å². The van der Waals surface area contributed by atoms with Crippen molar-refractivity contribution in [2.24, 2.45) is 0 Å². The molecule has 0 bridgehead atoms. The number of nitrogens with zero attached hydrogens (tertiary/aromatic N) is 1. The Morgan fingerprint density at radius 2 is 2.00 bits per heavy atom. The molecule has 1 aromatic rings. The van der Waals surface area contributed by atoms with Gasteiger partial charge in [-0.3, -0.25) is 0 Å². The van der Waals surface area contributed by atoms with Crippen LogP contribution in [0.2, 0.25) is 19.6 Å². The first-order valence-corrected chi connectivity index (χ1v) is 8.41. The van der Waals surface area contributed by atoms with Crippen LogP contribution in [0.15, 0.2) is 22.9 Å². The first kappa shape index (κ1) is 10.5. The molecule has 3 heteroatoms. The second kappa shape index (κ2) is 4.08. The first-order chi connectivity index (χ1) is 5.97. The SMILES string of the molecule is C[Si](C)(C)C#Cc1ccc(Br)nc1. The maximum absolute atomic E-state index is 4.11. The molecule has 0 spiro atoms. The van der Waals surface area contributed by atoms with Gasteiger partial charge in [0.05, 0.1) is 0 Å². The zero-order valence-corrected chi connectivity index (χ0v) is 10.6. The zero-order chi connectivity index (χ0) is 9.90. The van der Waals surface area contributed by atoms with Crippen LogP contribution in [0, 0.1) is 11.5 Å². The normalized spacial score (nSPS) is 10.5. The summed E-state index contributed by atoms with van der Waals surface area (Å²) in [6.07, 6.45) is 1.79. The fraction of sp³-hybridized carbons (Fsp3) is 0.300. The van der Waals surface area contributed by atoms with Crippen LogP contribution < -0.4 is 0 Å². The highest BCUT2D eigenvalue weighted by Gasteiger charge is 2.07. The first-order valence-electron chi connectivity index (χ1n) is 4.12. The van der Waals surface area contributed by atoms with Gasteiger partial charge < -0.3 is 0 Å². The lowest BCUT2D eigenvalue weighted by Crippen LogP contribution is -2.16. The molecule has 68 valence electrons. The Hall–Kier alpha value is -0.593. The third kappa shape index (κ3) is 4.25. The molecule has 0 aliphatic rings. The van der Waals surface area contributed by atoms with Crippen LogP contribution in [0.1, 0.15) is 5.56 Å². The minimum atomic E-state index is -1.25. The second-order valence-electron chi connectivity index (χ2n) is 3.87. The van der Waals surface area contributed by atoms with E-state index in [-0.39, 0.29) is 0 Å². The Kier molecular flexibility index (Phi) is 3.29. The summed E-state index contributed by atoms with van der Waals surface area (Å²) < 4.78 is 0.853. The lowest BCUT2D eigenvalue weighted by atomic mass is 10.3. The molecule has 0 unspecified atom stereocenters. The van der Waals surface area contributed by atoms with Gasteiger partial charge in [0.2, 0.25) is 0 Å². The van der Waals surface area contributed by atoms with Gasteiger partial charge in [0.15, 0.2) is 0 Å². The highest BCUT2D eigenvalue weighted by atomic mass is 79.9. The number of rotatable bonds is 0. The molecular weight excluding hydrogens is 242 g/mol. The summed E-state index contributed by atoms with van der Waals surface area (Å²) in [4.78, 5) is 4.11. The second-order valence-corrected chi connectivity index (χ2v) is 9.43. The summed E-state index contributed by atoms with van der Waals surface area (Å²) in [5, 5.41) is 0. The van der Waals surface area contributed by atoms with E-state index in [2.05, 4.69) is 52.0 Å². The molecule has 0 saturated heterocycles. The minimum Gasteiger partial charge on any atom is -0.248 e. The van der Waals surface area contributed by atoms with E-state index >= 15 is 0 Å². The van der Waals surface area contributed by atoms with E-state index < -0.39 is 8.07 Å². The molecule has 0 aromatic carbocycles. The van der Waals surface area contributed by atoms with Crippen molar-refractivity contribution >= 4 is 24.0 Å². The van der Waals surface area contributed by atoms with Crippen LogP contribution in [-0.2, 0) is 0 Å². The predicted octanol–water partition coefficient (Wildman–Crippen LogP) is 3.07. The molecule has 1 heterocycles. The van der Waals surface area contributed by atoms with Crippen molar-refractivity contribution in [3.63, 3.8) is 0 Å². The predicted molar refractivity (Wildman–Crippen MR) is 62.2 cm³/mol. The van der Waals surface area contributed by atoms with Crippen molar-refractivity contribution < 1.29 is 0 Å². The van der Waals surface area contributed by atoms with Crippen LogP contribution in [0.5, 0.6) is 0 Å². The number of pyridine rings is 1. The van der Waals surface area contributed by atoms with E-state index in [1.807, 2.05) is 12.1 Å². The molecule has 1 nitrogen and oxygen atoms in total. The Bertz CT molecular complexity index is 340. The highest BCUT2D eigenvalue weighted by molar-refractivity contribution is 9.10. The van der Waals surface area contributed by atoms with Crippen molar-refractivity contribution in [3.05, 3.63) is 28.5 Å². The molecule has 0 N–H and O–H groups in total. The van der Waals surface area contributed by atoms with Gasteiger partial charge in [-0.05, 0) is 28.1 Å². The molecule has 0 aliphatic carbocycles. The average Bonchev–Trinajstić information content (AvgIpc) is 2.02. The van der Waals surface area contributed by atoms with E-state index in [4.69, 9.17) is 0 Å². The highest BCUT2D eigenvalue weighted by Crippen LogP contribution is 2.05. The molecule has 0 radical (unpaired) electrons. The maximum atomic E-state index is 4.11. The summed E-state index contributed by atoms with van der Waals surface area (Å²) in [7, 11) is -1.25. The average molecular weight is 254 g/mol. The molecule has 1 aromatic heterocycles. The summed E-state index contributed by atoms with van der Waals surface area (Å²) in [6.45, 7) is 6.69. The van der Waals surface area contributed by atoms with E-state index in [1.54, 1.807) is 6.20 Å². The van der Waals surface area contributed by atoms with Crippen LogP contribution in [-0.4, -0.2) is 13.1 Å². The number of aromatic nitrogens is 1. The van der Waals surface area contributed by atoms with Crippen molar-refractivity contribution in [3.8, 4) is 11.5 Å². The number of halogens is 1. The topological polar surface area (TPSA) is 12.9 Å². The summed E-state index contributed by atoms with van der Waals surface area (Å²) in [5.74, 6) is 3.14. The van der Waals surface area contributed by atoms with Gasteiger partial charge in [-0.1, -0.05) is 25.6 Å². The largest absolute Gasteiger partial charge is 0.248 e. The van der Waals surface area contributed by atoms with Gasteiger partial charge >= 0.3 is 0 Å². The summed E-state index contributed by atoms with van der Waals surface area (Å²) in [6, 6.07) is 3.89. The van der Waals surface area contributed by atoms with E-state index in [9.17, 15) is 0 Å². The Morgan fingerprint density at radius 1 is 1.31 bits per heavy atom. The van der Waals surface area contributed by atoms with Gasteiger partial charge in [-0.2, -0.15) is 0 Å². The maximum Gasteiger partial charge on any atom is 0.129 e. The molecule has 0 amide bonds. The fourth-order valence-corrected chi connectivity index (χ4v) is 1.46. The Morgan fingerprint density at radius 3 is 2.46 bits per heavy atom. The van der Waals surface area contributed by atoms with Crippen molar-refractivity contribution in [1.82, 2.24) is 4.98 Å².